The highest BCUT2D eigenvalue weighted by Crippen LogP contribution is 2.06. The van der Waals surface area contributed by atoms with Gasteiger partial charge in [-0.15, -0.1) is 0 Å². The zero-order valence-electron chi connectivity index (χ0n) is 12.5. The second-order valence-corrected chi connectivity index (χ2v) is 5.06. The zero-order chi connectivity index (χ0) is 15.9. The molecule has 0 radical (unpaired) electrons. The highest BCUT2D eigenvalue weighted by Gasteiger charge is 2.09. The van der Waals surface area contributed by atoms with Crippen molar-refractivity contribution in [1.29, 1.82) is 0 Å². The summed E-state index contributed by atoms with van der Waals surface area (Å²) in [7, 11) is 1.74. The van der Waals surface area contributed by atoms with Crippen LogP contribution in [0.1, 0.15) is 21.5 Å². The van der Waals surface area contributed by atoms with E-state index in [4.69, 9.17) is 5.73 Å². The summed E-state index contributed by atoms with van der Waals surface area (Å²) < 4.78 is 0. The van der Waals surface area contributed by atoms with Gasteiger partial charge in [0, 0.05) is 25.7 Å². The Balaban J connectivity index is 1.89. The van der Waals surface area contributed by atoms with Crippen LogP contribution in [0.25, 0.3) is 0 Å². The molecule has 3 N–H and O–H groups in total. The van der Waals surface area contributed by atoms with Crippen molar-refractivity contribution in [3.05, 3.63) is 71.3 Å². The number of urea groups is 1. The molecule has 0 heterocycles. The van der Waals surface area contributed by atoms with E-state index in [0.29, 0.717) is 18.7 Å². The monoisotopic (exact) mass is 297 g/mol. The number of carbonyl (C=O) groups excluding carboxylic acids is 2. The van der Waals surface area contributed by atoms with Gasteiger partial charge in [0.2, 0.25) is 5.91 Å². The molecule has 0 bridgehead atoms. The first kappa shape index (κ1) is 15.6. The topological polar surface area (TPSA) is 75.4 Å². The molecule has 2 rings (SSSR count). The van der Waals surface area contributed by atoms with E-state index in [1.54, 1.807) is 30.1 Å². The van der Waals surface area contributed by atoms with Crippen molar-refractivity contribution in [1.82, 2.24) is 10.2 Å². The van der Waals surface area contributed by atoms with E-state index < -0.39 is 5.91 Å². The molecule has 0 aliphatic carbocycles. The van der Waals surface area contributed by atoms with E-state index in [2.05, 4.69) is 5.32 Å². The Bertz CT molecular complexity index is 656. The average Bonchev–Trinajstić information content (AvgIpc) is 2.53. The van der Waals surface area contributed by atoms with Crippen LogP contribution in [0.2, 0.25) is 0 Å². The summed E-state index contributed by atoms with van der Waals surface area (Å²) in [5.74, 6) is -0.477. The van der Waals surface area contributed by atoms with Crippen LogP contribution >= 0.6 is 0 Å². The van der Waals surface area contributed by atoms with Gasteiger partial charge in [-0.3, -0.25) is 4.79 Å². The third kappa shape index (κ3) is 4.34. The minimum atomic E-state index is -0.477. The number of primary amides is 1. The van der Waals surface area contributed by atoms with Gasteiger partial charge in [-0.1, -0.05) is 42.5 Å². The second kappa shape index (κ2) is 7.26. The molecule has 0 aliphatic rings. The molecule has 0 unspecified atom stereocenters. The van der Waals surface area contributed by atoms with Gasteiger partial charge < -0.3 is 16.0 Å². The number of rotatable bonds is 5. The SMILES string of the molecule is CN(Cc1ccccc1)C(=O)NCc1cccc(C(N)=O)c1. The maximum Gasteiger partial charge on any atom is 0.317 e. The molecule has 2 aromatic carbocycles. The molecule has 0 aromatic heterocycles. The molecular weight excluding hydrogens is 278 g/mol. The standard InChI is InChI=1S/C17H19N3O2/c1-20(12-13-6-3-2-4-7-13)17(22)19-11-14-8-5-9-15(10-14)16(18)21/h2-10H,11-12H2,1H3,(H2,18,21)(H,19,22). The molecule has 0 spiro atoms. The fourth-order valence-electron chi connectivity index (χ4n) is 2.08. The van der Waals surface area contributed by atoms with Gasteiger partial charge in [0.05, 0.1) is 0 Å². The summed E-state index contributed by atoms with van der Waals surface area (Å²) in [6.07, 6.45) is 0. The number of carbonyl (C=O) groups is 2. The van der Waals surface area contributed by atoms with Crippen LogP contribution in [-0.2, 0) is 13.1 Å². The lowest BCUT2D eigenvalue weighted by Crippen LogP contribution is -2.36. The third-order valence-electron chi connectivity index (χ3n) is 3.26. The Morgan fingerprint density at radius 3 is 2.41 bits per heavy atom. The summed E-state index contributed by atoms with van der Waals surface area (Å²) in [5, 5.41) is 2.82. The number of nitrogens with zero attached hydrogens (tertiary/aromatic N) is 1. The van der Waals surface area contributed by atoms with E-state index in [9.17, 15) is 9.59 Å². The lowest BCUT2D eigenvalue weighted by Gasteiger charge is -2.18. The summed E-state index contributed by atoms with van der Waals surface area (Å²) in [4.78, 5) is 24.8. The fourth-order valence-corrected chi connectivity index (χ4v) is 2.08. The number of hydrogen-bond donors (Lipinski definition) is 2. The fraction of sp³-hybridized carbons (Fsp3) is 0.176. The van der Waals surface area contributed by atoms with Gasteiger partial charge >= 0.3 is 6.03 Å². The molecule has 0 fully saturated rings. The molecule has 5 heteroatoms. The Hall–Kier alpha value is -2.82. The maximum atomic E-state index is 12.1. The van der Waals surface area contributed by atoms with E-state index in [1.807, 2.05) is 36.4 Å². The minimum Gasteiger partial charge on any atom is -0.366 e. The van der Waals surface area contributed by atoms with Crippen molar-refractivity contribution >= 4 is 11.9 Å². The van der Waals surface area contributed by atoms with Crippen molar-refractivity contribution in [2.45, 2.75) is 13.1 Å². The maximum absolute atomic E-state index is 12.1. The van der Waals surface area contributed by atoms with Crippen molar-refractivity contribution in [3.63, 3.8) is 0 Å². The van der Waals surface area contributed by atoms with Gasteiger partial charge in [-0.05, 0) is 23.3 Å². The van der Waals surface area contributed by atoms with Gasteiger partial charge in [-0.25, -0.2) is 4.79 Å². The molecule has 0 saturated carbocycles. The summed E-state index contributed by atoms with van der Waals surface area (Å²) in [6.45, 7) is 0.882. The van der Waals surface area contributed by atoms with Crippen LogP contribution < -0.4 is 11.1 Å². The normalized spacial score (nSPS) is 10.0. The quantitative estimate of drug-likeness (QED) is 0.887. The van der Waals surface area contributed by atoms with Gasteiger partial charge in [0.25, 0.3) is 0 Å². The number of benzene rings is 2. The summed E-state index contributed by atoms with van der Waals surface area (Å²) >= 11 is 0. The predicted molar refractivity (Wildman–Crippen MR) is 85.1 cm³/mol. The molecule has 5 nitrogen and oxygen atoms in total. The second-order valence-electron chi connectivity index (χ2n) is 5.06. The molecule has 0 saturated heterocycles. The molecule has 22 heavy (non-hydrogen) atoms. The number of hydrogen-bond acceptors (Lipinski definition) is 2. The van der Waals surface area contributed by atoms with Crippen molar-refractivity contribution in [2.75, 3.05) is 7.05 Å². The zero-order valence-corrected chi connectivity index (χ0v) is 12.5. The van der Waals surface area contributed by atoms with Crippen molar-refractivity contribution < 1.29 is 9.59 Å². The van der Waals surface area contributed by atoms with Crippen LogP contribution in [-0.4, -0.2) is 23.9 Å². The van der Waals surface area contributed by atoms with Gasteiger partial charge in [0.1, 0.15) is 0 Å². The van der Waals surface area contributed by atoms with Crippen LogP contribution in [0.15, 0.2) is 54.6 Å². The molecule has 0 atom stereocenters. The summed E-state index contributed by atoms with van der Waals surface area (Å²) in [6, 6.07) is 16.5. The van der Waals surface area contributed by atoms with E-state index >= 15 is 0 Å². The molecule has 114 valence electrons. The minimum absolute atomic E-state index is 0.173. The number of nitrogens with one attached hydrogen (secondary N) is 1. The lowest BCUT2D eigenvalue weighted by molar-refractivity contribution is 0.1000. The van der Waals surface area contributed by atoms with Crippen LogP contribution in [0.5, 0.6) is 0 Å². The molecule has 2 aromatic rings. The van der Waals surface area contributed by atoms with Crippen LogP contribution in [0.4, 0.5) is 4.79 Å². The Morgan fingerprint density at radius 2 is 1.73 bits per heavy atom. The molecule has 0 aliphatic heterocycles. The van der Waals surface area contributed by atoms with Crippen LogP contribution in [0.3, 0.4) is 0 Å². The van der Waals surface area contributed by atoms with Crippen molar-refractivity contribution in [2.24, 2.45) is 5.73 Å². The summed E-state index contributed by atoms with van der Waals surface area (Å²) in [5.41, 5.74) is 7.57. The largest absolute Gasteiger partial charge is 0.366 e. The highest BCUT2D eigenvalue weighted by molar-refractivity contribution is 5.92. The first-order valence-electron chi connectivity index (χ1n) is 6.98. The predicted octanol–water partition coefficient (Wildman–Crippen LogP) is 2.13. The lowest BCUT2D eigenvalue weighted by atomic mass is 10.1. The highest BCUT2D eigenvalue weighted by atomic mass is 16.2. The van der Waals surface area contributed by atoms with Gasteiger partial charge in [0.15, 0.2) is 0 Å². The third-order valence-corrected chi connectivity index (χ3v) is 3.26. The van der Waals surface area contributed by atoms with Gasteiger partial charge in [-0.2, -0.15) is 0 Å². The Morgan fingerprint density at radius 1 is 1.05 bits per heavy atom. The van der Waals surface area contributed by atoms with E-state index in [0.717, 1.165) is 11.1 Å². The van der Waals surface area contributed by atoms with E-state index in [1.165, 1.54) is 0 Å². The van der Waals surface area contributed by atoms with E-state index in [-0.39, 0.29) is 6.03 Å². The first-order chi connectivity index (χ1) is 10.6. The van der Waals surface area contributed by atoms with Crippen molar-refractivity contribution in [3.8, 4) is 0 Å². The Kier molecular flexibility index (Phi) is 5.14. The Labute approximate surface area is 129 Å². The first-order valence-corrected chi connectivity index (χ1v) is 6.98. The smallest absolute Gasteiger partial charge is 0.317 e. The molecule has 3 amide bonds. The van der Waals surface area contributed by atoms with Crippen LogP contribution in [0, 0.1) is 0 Å². The number of nitrogens with two attached hydrogens (primary N) is 1. The average molecular weight is 297 g/mol. The molecular formula is C17H19N3O2. The number of amides is 3.